The fourth-order valence-electron chi connectivity index (χ4n) is 1.84. The summed E-state index contributed by atoms with van der Waals surface area (Å²) in [5.74, 6) is -2.98. The van der Waals surface area contributed by atoms with Crippen molar-refractivity contribution < 1.29 is 23.8 Å². The largest absolute Gasteiger partial charge is 0.479 e. The lowest BCUT2D eigenvalue weighted by molar-refractivity contribution is -0.155. The molecule has 0 saturated carbocycles. The molecule has 0 saturated heterocycles. The molecular weight excluding hydrogens is 254 g/mol. The number of benzene rings is 2. The summed E-state index contributed by atoms with van der Waals surface area (Å²) < 4.78 is 26.4. The number of carboxylic acids is 1. The lowest BCUT2D eigenvalue weighted by Gasteiger charge is -2.24. The molecule has 0 fully saturated rings. The van der Waals surface area contributed by atoms with Crippen molar-refractivity contribution in [3.8, 4) is 0 Å². The molecule has 2 aromatic carbocycles. The molecule has 0 amide bonds. The van der Waals surface area contributed by atoms with E-state index in [4.69, 9.17) is 0 Å². The van der Waals surface area contributed by atoms with E-state index in [-0.39, 0.29) is 11.1 Å². The standard InChI is InChI=1S/C14H10F2O3/c15-11-5-1-3-9(7-11)14(19,13(17)18)10-4-2-6-12(16)8-10/h1-8,19H,(H,17,18). The second-order valence-corrected chi connectivity index (χ2v) is 4.04. The molecule has 3 nitrogen and oxygen atoms in total. The Kier molecular flexibility index (Phi) is 3.31. The predicted molar refractivity (Wildman–Crippen MR) is 63.4 cm³/mol. The second-order valence-electron chi connectivity index (χ2n) is 4.04. The minimum absolute atomic E-state index is 0.175. The van der Waals surface area contributed by atoms with Crippen LogP contribution in [0.4, 0.5) is 8.78 Å². The third-order valence-electron chi connectivity index (χ3n) is 2.79. The summed E-state index contributed by atoms with van der Waals surface area (Å²) in [6, 6.07) is 9.13. The normalized spacial score (nSPS) is 11.3. The van der Waals surface area contributed by atoms with Gasteiger partial charge in [-0.25, -0.2) is 13.6 Å². The highest BCUT2D eigenvalue weighted by Gasteiger charge is 2.40. The van der Waals surface area contributed by atoms with E-state index in [9.17, 15) is 23.8 Å². The Morgan fingerprint density at radius 3 is 1.68 bits per heavy atom. The number of hydrogen-bond acceptors (Lipinski definition) is 2. The number of carboxylic acid groups (broad SMARTS) is 1. The molecule has 0 bridgehead atoms. The van der Waals surface area contributed by atoms with Crippen LogP contribution in [0.2, 0.25) is 0 Å². The van der Waals surface area contributed by atoms with Crippen LogP contribution in [0.3, 0.4) is 0 Å². The molecule has 2 aromatic rings. The number of rotatable bonds is 3. The fraction of sp³-hybridized carbons (Fsp3) is 0.0714. The molecule has 0 aliphatic carbocycles. The maximum atomic E-state index is 13.2. The minimum atomic E-state index is -2.50. The van der Waals surface area contributed by atoms with E-state index in [0.717, 1.165) is 24.3 Å². The molecule has 0 unspecified atom stereocenters. The Morgan fingerprint density at radius 1 is 0.947 bits per heavy atom. The van der Waals surface area contributed by atoms with Gasteiger partial charge in [0, 0.05) is 11.1 Å². The van der Waals surface area contributed by atoms with Gasteiger partial charge >= 0.3 is 5.97 Å². The van der Waals surface area contributed by atoms with Crippen molar-refractivity contribution in [2.24, 2.45) is 0 Å². The Bertz CT molecular complexity index is 580. The van der Waals surface area contributed by atoms with Gasteiger partial charge in [0.1, 0.15) is 11.6 Å². The molecule has 0 heterocycles. The van der Waals surface area contributed by atoms with Gasteiger partial charge in [-0.15, -0.1) is 0 Å². The van der Waals surface area contributed by atoms with Crippen LogP contribution in [0.5, 0.6) is 0 Å². The lowest BCUT2D eigenvalue weighted by Crippen LogP contribution is -2.37. The van der Waals surface area contributed by atoms with Crippen LogP contribution in [0.15, 0.2) is 48.5 Å². The Balaban J connectivity index is 2.65. The topological polar surface area (TPSA) is 57.5 Å². The van der Waals surface area contributed by atoms with Crippen LogP contribution < -0.4 is 0 Å². The number of aliphatic hydroxyl groups is 1. The third kappa shape index (κ3) is 2.32. The first-order valence-electron chi connectivity index (χ1n) is 5.42. The first kappa shape index (κ1) is 13.2. The number of carbonyl (C=O) groups is 1. The molecule has 2 rings (SSSR count). The smallest absolute Gasteiger partial charge is 0.345 e. The Morgan fingerprint density at radius 2 is 1.37 bits per heavy atom. The van der Waals surface area contributed by atoms with E-state index in [0.29, 0.717) is 0 Å². The van der Waals surface area contributed by atoms with Crippen molar-refractivity contribution in [3.05, 3.63) is 71.3 Å². The molecule has 0 spiro atoms. The molecular formula is C14H10F2O3. The summed E-state index contributed by atoms with van der Waals surface area (Å²) in [6.07, 6.45) is 0. The van der Waals surface area contributed by atoms with Crippen molar-refractivity contribution in [3.63, 3.8) is 0 Å². The van der Waals surface area contributed by atoms with Gasteiger partial charge in [0.25, 0.3) is 0 Å². The maximum absolute atomic E-state index is 13.2. The summed E-state index contributed by atoms with van der Waals surface area (Å²) in [5, 5.41) is 19.6. The minimum Gasteiger partial charge on any atom is -0.479 e. The van der Waals surface area contributed by atoms with E-state index in [2.05, 4.69) is 0 Å². The van der Waals surface area contributed by atoms with Crippen molar-refractivity contribution >= 4 is 5.97 Å². The number of halogens is 2. The van der Waals surface area contributed by atoms with Crippen LogP contribution in [0.1, 0.15) is 11.1 Å². The second kappa shape index (κ2) is 4.78. The summed E-state index contributed by atoms with van der Waals surface area (Å²) in [7, 11) is 0. The summed E-state index contributed by atoms with van der Waals surface area (Å²) in [6.45, 7) is 0. The van der Waals surface area contributed by atoms with Crippen LogP contribution in [0.25, 0.3) is 0 Å². The molecule has 0 radical (unpaired) electrons. The summed E-state index contributed by atoms with van der Waals surface area (Å²) in [4.78, 5) is 11.3. The lowest BCUT2D eigenvalue weighted by atomic mass is 9.86. The van der Waals surface area contributed by atoms with Gasteiger partial charge in [-0.05, 0) is 24.3 Å². The van der Waals surface area contributed by atoms with E-state index >= 15 is 0 Å². The van der Waals surface area contributed by atoms with Gasteiger partial charge in [-0.2, -0.15) is 0 Å². The van der Waals surface area contributed by atoms with Gasteiger partial charge < -0.3 is 10.2 Å². The number of hydrogen-bond donors (Lipinski definition) is 2. The Hall–Kier alpha value is -2.27. The maximum Gasteiger partial charge on any atom is 0.345 e. The van der Waals surface area contributed by atoms with Crippen LogP contribution in [-0.4, -0.2) is 16.2 Å². The molecule has 2 N–H and O–H groups in total. The zero-order chi connectivity index (χ0) is 14.0. The first-order valence-corrected chi connectivity index (χ1v) is 5.42. The average molecular weight is 264 g/mol. The molecule has 0 aliphatic rings. The van der Waals surface area contributed by atoms with Crippen LogP contribution in [-0.2, 0) is 10.4 Å². The fourth-order valence-corrected chi connectivity index (χ4v) is 1.84. The highest BCUT2D eigenvalue weighted by atomic mass is 19.1. The van der Waals surface area contributed by atoms with Gasteiger partial charge in [0.2, 0.25) is 5.60 Å². The summed E-state index contributed by atoms with van der Waals surface area (Å²) in [5.41, 5.74) is -2.85. The van der Waals surface area contributed by atoms with Gasteiger partial charge in [0.05, 0.1) is 0 Å². The SMILES string of the molecule is O=C(O)C(O)(c1cccc(F)c1)c1cccc(F)c1. The molecule has 0 aromatic heterocycles. The highest BCUT2D eigenvalue weighted by Crippen LogP contribution is 2.30. The van der Waals surface area contributed by atoms with E-state index < -0.39 is 23.2 Å². The molecule has 98 valence electrons. The zero-order valence-electron chi connectivity index (χ0n) is 9.68. The van der Waals surface area contributed by atoms with Crippen LogP contribution in [0, 0.1) is 11.6 Å². The average Bonchev–Trinajstić information content (AvgIpc) is 2.37. The zero-order valence-corrected chi connectivity index (χ0v) is 9.68. The highest BCUT2D eigenvalue weighted by molar-refractivity contribution is 5.83. The van der Waals surface area contributed by atoms with Crippen molar-refractivity contribution in [1.82, 2.24) is 0 Å². The van der Waals surface area contributed by atoms with E-state index in [1.54, 1.807) is 0 Å². The monoisotopic (exact) mass is 264 g/mol. The van der Waals surface area contributed by atoms with Crippen molar-refractivity contribution in [2.75, 3.05) is 0 Å². The van der Waals surface area contributed by atoms with Crippen molar-refractivity contribution in [1.29, 1.82) is 0 Å². The van der Waals surface area contributed by atoms with Gasteiger partial charge in [-0.1, -0.05) is 24.3 Å². The van der Waals surface area contributed by atoms with Gasteiger partial charge in [-0.3, -0.25) is 0 Å². The van der Waals surface area contributed by atoms with Crippen LogP contribution >= 0.6 is 0 Å². The molecule has 0 atom stereocenters. The van der Waals surface area contributed by atoms with Gasteiger partial charge in [0.15, 0.2) is 0 Å². The van der Waals surface area contributed by atoms with E-state index in [1.165, 1.54) is 24.3 Å². The number of aliphatic carboxylic acids is 1. The van der Waals surface area contributed by atoms with E-state index in [1.807, 2.05) is 0 Å². The first-order chi connectivity index (χ1) is 8.94. The third-order valence-corrected chi connectivity index (χ3v) is 2.79. The molecule has 5 heteroatoms. The quantitative estimate of drug-likeness (QED) is 0.894. The Labute approximate surface area is 107 Å². The van der Waals surface area contributed by atoms with Crippen molar-refractivity contribution in [2.45, 2.75) is 5.60 Å². The summed E-state index contributed by atoms with van der Waals surface area (Å²) >= 11 is 0. The predicted octanol–water partition coefficient (Wildman–Crippen LogP) is 2.29. The molecule has 19 heavy (non-hydrogen) atoms. The molecule has 0 aliphatic heterocycles.